The summed E-state index contributed by atoms with van der Waals surface area (Å²) in [6, 6.07) is 21.0. The first kappa shape index (κ1) is 25.9. The van der Waals surface area contributed by atoms with E-state index in [9.17, 15) is 9.59 Å². The van der Waals surface area contributed by atoms with Crippen molar-refractivity contribution in [3.63, 3.8) is 0 Å². The minimum atomic E-state index is -1.18. The fourth-order valence-corrected chi connectivity index (χ4v) is 3.72. The highest BCUT2D eigenvalue weighted by molar-refractivity contribution is 5.89. The van der Waals surface area contributed by atoms with E-state index in [1.54, 1.807) is 65.1 Å². The third kappa shape index (κ3) is 6.97. The van der Waals surface area contributed by atoms with Crippen molar-refractivity contribution in [1.82, 2.24) is 9.78 Å². The molecular formula is C30H32N2O5. The average molecular weight is 501 g/mol. The molecule has 0 atom stereocenters. The van der Waals surface area contributed by atoms with E-state index in [-0.39, 0.29) is 6.61 Å². The van der Waals surface area contributed by atoms with E-state index in [0.29, 0.717) is 17.9 Å². The number of benzene rings is 3. The first-order valence-electron chi connectivity index (χ1n) is 12.2. The molecule has 0 aliphatic carbocycles. The van der Waals surface area contributed by atoms with Crippen LogP contribution in [0.15, 0.2) is 79.1 Å². The zero-order valence-electron chi connectivity index (χ0n) is 21.9. The number of carbonyl (C=O) groups is 2. The van der Waals surface area contributed by atoms with Crippen LogP contribution in [0, 0.1) is 0 Å². The maximum Gasteiger partial charge on any atom is 0.350 e. The Hall–Kier alpha value is -4.13. The maximum absolute atomic E-state index is 12.5. The summed E-state index contributed by atoms with van der Waals surface area (Å²) in [7, 11) is 0. The molecule has 0 aliphatic rings. The molecule has 0 N–H and O–H groups in total. The monoisotopic (exact) mass is 500 g/mol. The zero-order chi connectivity index (χ0) is 26.6. The van der Waals surface area contributed by atoms with Crippen LogP contribution in [0.25, 0.3) is 10.8 Å². The second-order valence-corrected chi connectivity index (χ2v) is 10.4. The molecule has 3 aromatic carbocycles. The van der Waals surface area contributed by atoms with E-state index in [1.807, 2.05) is 23.0 Å². The SMILES string of the molecule is CC(C)(C)OC(=O)C(C)(C)Oc1ccc(C(=O)OCc2cnn(Cc3ccc4ccccc4c3)c2)cc1. The average Bonchev–Trinajstić information content (AvgIpc) is 3.29. The van der Waals surface area contributed by atoms with Gasteiger partial charge in [-0.3, -0.25) is 4.68 Å². The van der Waals surface area contributed by atoms with Gasteiger partial charge in [-0.15, -0.1) is 0 Å². The van der Waals surface area contributed by atoms with Crippen molar-refractivity contribution in [3.8, 4) is 5.75 Å². The highest BCUT2D eigenvalue weighted by Crippen LogP contribution is 2.23. The van der Waals surface area contributed by atoms with E-state index >= 15 is 0 Å². The molecule has 4 rings (SSSR count). The molecule has 4 aromatic rings. The minimum Gasteiger partial charge on any atom is -0.476 e. The summed E-state index contributed by atoms with van der Waals surface area (Å²) in [5, 5.41) is 6.78. The molecule has 0 aliphatic heterocycles. The summed E-state index contributed by atoms with van der Waals surface area (Å²) < 4.78 is 18.5. The Morgan fingerprint density at radius 1 is 0.865 bits per heavy atom. The second kappa shape index (κ2) is 10.5. The van der Waals surface area contributed by atoms with Crippen LogP contribution in [0.1, 0.15) is 56.1 Å². The van der Waals surface area contributed by atoms with Gasteiger partial charge in [0.25, 0.3) is 0 Å². The molecule has 7 nitrogen and oxygen atoms in total. The van der Waals surface area contributed by atoms with Crippen LogP contribution in [0.4, 0.5) is 0 Å². The Bertz CT molecular complexity index is 1400. The molecule has 192 valence electrons. The Morgan fingerprint density at radius 3 is 2.27 bits per heavy atom. The molecule has 0 radical (unpaired) electrons. The van der Waals surface area contributed by atoms with Gasteiger partial charge in [0.05, 0.1) is 18.3 Å². The van der Waals surface area contributed by atoms with Gasteiger partial charge in [-0.1, -0.05) is 36.4 Å². The van der Waals surface area contributed by atoms with Crippen molar-refractivity contribution >= 4 is 22.7 Å². The lowest BCUT2D eigenvalue weighted by molar-refractivity contribution is -0.170. The molecule has 0 saturated heterocycles. The Labute approximate surface area is 217 Å². The predicted molar refractivity (Wildman–Crippen MR) is 141 cm³/mol. The highest BCUT2D eigenvalue weighted by Gasteiger charge is 2.34. The molecule has 1 aromatic heterocycles. The first-order valence-corrected chi connectivity index (χ1v) is 12.2. The molecule has 0 spiro atoms. The summed E-state index contributed by atoms with van der Waals surface area (Å²) in [5.41, 5.74) is 0.530. The summed E-state index contributed by atoms with van der Waals surface area (Å²) in [4.78, 5) is 24.9. The van der Waals surface area contributed by atoms with E-state index in [2.05, 4.69) is 35.4 Å². The lowest BCUT2D eigenvalue weighted by atomic mass is 10.1. The predicted octanol–water partition coefficient (Wildman–Crippen LogP) is 5.94. The summed E-state index contributed by atoms with van der Waals surface area (Å²) in [6.45, 7) is 9.43. The molecule has 0 saturated carbocycles. The van der Waals surface area contributed by atoms with Crippen molar-refractivity contribution in [2.24, 2.45) is 0 Å². The molecule has 0 bridgehead atoms. The number of hydrogen-bond acceptors (Lipinski definition) is 6. The Kier molecular flexibility index (Phi) is 7.34. The molecule has 0 fully saturated rings. The van der Waals surface area contributed by atoms with Gasteiger partial charge in [0.2, 0.25) is 0 Å². The van der Waals surface area contributed by atoms with Gasteiger partial charge < -0.3 is 14.2 Å². The highest BCUT2D eigenvalue weighted by atomic mass is 16.6. The lowest BCUT2D eigenvalue weighted by Gasteiger charge is -2.29. The van der Waals surface area contributed by atoms with Crippen LogP contribution >= 0.6 is 0 Å². The van der Waals surface area contributed by atoms with Crippen LogP contribution in [-0.2, 0) is 27.4 Å². The number of nitrogens with zero attached hydrogens (tertiary/aromatic N) is 2. The number of fused-ring (bicyclic) bond motifs is 1. The van der Waals surface area contributed by atoms with Gasteiger partial charge in [-0.2, -0.15) is 5.10 Å². The van der Waals surface area contributed by atoms with Gasteiger partial charge in [-0.05, 0) is 81.3 Å². The molecule has 7 heteroatoms. The summed E-state index contributed by atoms with van der Waals surface area (Å²) in [5.74, 6) is -0.479. The largest absolute Gasteiger partial charge is 0.476 e. The third-order valence-electron chi connectivity index (χ3n) is 5.57. The molecule has 1 heterocycles. The number of aromatic nitrogens is 2. The van der Waals surface area contributed by atoms with Crippen LogP contribution < -0.4 is 4.74 Å². The van der Waals surface area contributed by atoms with Crippen molar-refractivity contribution in [2.75, 3.05) is 0 Å². The Balaban J connectivity index is 1.30. The van der Waals surface area contributed by atoms with Gasteiger partial charge in [0, 0.05) is 11.8 Å². The zero-order valence-corrected chi connectivity index (χ0v) is 21.9. The maximum atomic E-state index is 12.5. The fraction of sp³-hybridized carbons (Fsp3) is 0.300. The van der Waals surface area contributed by atoms with Crippen LogP contribution in [0.2, 0.25) is 0 Å². The molecule has 0 unspecified atom stereocenters. The molecule has 0 amide bonds. The van der Waals surface area contributed by atoms with E-state index in [4.69, 9.17) is 14.2 Å². The van der Waals surface area contributed by atoms with E-state index in [0.717, 1.165) is 11.1 Å². The van der Waals surface area contributed by atoms with Crippen molar-refractivity contribution in [2.45, 2.75) is 59.0 Å². The van der Waals surface area contributed by atoms with Crippen molar-refractivity contribution in [3.05, 3.63) is 95.8 Å². The second-order valence-electron chi connectivity index (χ2n) is 10.4. The number of ether oxygens (including phenoxy) is 3. The quantitative estimate of drug-likeness (QED) is 0.279. The molecular weight excluding hydrogens is 468 g/mol. The number of esters is 2. The topological polar surface area (TPSA) is 79.7 Å². The van der Waals surface area contributed by atoms with Gasteiger partial charge >= 0.3 is 11.9 Å². The minimum absolute atomic E-state index is 0.112. The normalized spacial score (nSPS) is 11.8. The molecule has 37 heavy (non-hydrogen) atoms. The van der Waals surface area contributed by atoms with Crippen LogP contribution in [-0.4, -0.2) is 32.9 Å². The first-order chi connectivity index (χ1) is 17.5. The fourth-order valence-electron chi connectivity index (χ4n) is 3.72. The van der Waals surface area contributed by atoms with E-state index in [1.165, 1.54) is 10.8 Å². The van der Waals surface area contributed by atoms with E-state index < -0.39 is 23.1 Å². The van der Waals surface area contributed by atoms with Gasteiger partial charge in [0.15, 0.2) is 5.60 Å². The number of rotatable bonds is 8. The lowest BCUT2D eigenvalue weighted by Crippen LogP contribution is -2.43. The standard InChI is InChI=1S/C30H32N2O5/c1-29(2,3)37-28(34)30(4,5)36-26-14-12-24(13-15-26)27(33)35-20-22-17-31-32(19-22)18-21-10-11-23-8-6-7-9-25(23)16-21/h6-17,19H,18,20H2,1-5H3. The smallest absolute Gasteiger partial charge is 0.350 e. The summed E-state index contributed by atoms with van der Waals surface area (Å²) in [6.07, 6.45) is 3.57. The third-order valence-corrected chi connectivity index (χ3v) is 5.57. The Morgan fingerprint density at radius 2 is 1.57 bits per heavy atom. The summed E-state index contributed by atoms with van der Waals surface area (Å²) >= 11 is 0. The van der Waals surface area contributed by atoms with Gasteiger partial charge in [-0.25, -0.2) is 9.59 Å². The number of carbonyl (C=O) groups excluding carboxylic acids is 2. The van der Waals surface area contributed by atoms with Crippen LogP contribution in [0.5, 0.6) is 5.75 Å². The number of hydrogen-bond donors (Lipinski definition) is 0. The van der Waals surface area contributed by atoms with Gasteiger partial charge in [0.1, 0.15) is 18.0 Å². The van der Waals surface area contributed by atoms with Crippen molar-refractivity contribution in [1.29, 1.82) is 0 Å². The van der Waals surface area contributed by atoms with Crippen LogP contribution in [0.3, 0.4) is 0 Å². The van der Waals surface area contributed by atoms with Crippen molar-refractivity contribution < 1.29 is 23.8 Å².